The van der Waals surface area contributed by atoms with Crippen molar-refractivity contribution in [1.29, 1.82) is 0 Å². The molecular weight excluding hydrogens is 232 g/mol. The zero-order valence-corrected chi connectivity index (χ0v) is 9.24. The van der Waals surface area contributed by atoms with Crippen molar-refractivity contribution in [3.8, 4) is 0 Å². The molecule has 6 heteroatoms. The average molecular weight is 240 g/mol. The minimum Gasteiger partial charge on any atom is -0.465 e. The third-order valence-corrected chi connectivity index (χ3v) is 3.13. The maximum Gasteiger partial charge on any atom is 0.404 e. The lowest BCUT2D eigenvalue weighted by Gasteiger charge is -2.00. The molecule has 0 saturated heterocycles. The molecule has 78 valence electrons. The number of H-pyrrole nitrogens is 1. The molecule has 0 aliphatic rings. The minimum atomic E-state index is -1.02. The third kappa shape index (κ3) is 2.34. The van der Waals surface area contributed by atoms with Crippen LogP contribution in [0, 0.1) is 3.95 Å². The van der Waals surface area contributed by atoms with Gasteiger partial charge in [0.25, 0.3) is 0 Å². The van der Waals surface area contributed by atoms with E-state index in [9.17, 15) is 4.79 Å². The van der Waals surface area contributed by atoms with E-state index < -0.39 is 6.09 Å². The molecule has 1 aromatic carbocycles. The molecule has 0 radical (unpaired) electrons. The molecule has 0 aliphatic heterocycles. The summed E-state index contributed by atoms with van der Waals surface area (Å²) < 4.78 is 1.78. The van der Waals surface area contributed by atoms with Crippen molar-refractivity contribution in [2.45, 2.75) is 6.54 Å². The number of nitrogens with one attached hydrogen (secondary N) is 2. The van der Waals surface area contributed by atoms with Crippen LogP contribution in [0.5, 0.6) is 0 Å². The van der Waals surface area contributed by atoms with E-state index in [4.69, 9.17) is 17.3 Å². The average Bonchev–Trinajstić information content (AvgIpc) is 2.53. The Morgan fingerprint density at radius 3 is 3.13 bits per heavy atom. The molecule has 0 aliphatic carbocycles. The number of hydrogen-bond donors (Lipinski definition) is 3. The van der Waals surface area contributed by atoms with Crippen molar-refractivity contribution in [1.82, 2.24) is 10.3 Å². The van der Waals surface area contributed by atoms with Crippen molar-refractivity contribution in [3.05, 3.63) is 27.7 Å². The van der Waals surface area contributed by atoms with Crippen LogP contribution < -0.4 is 5.32 Å². The SMILES string of the molecule is O=C(O)NCc1ccc2[nH]c(=S)sc2c1. The Labute approximate surface area is 94.6 Å². The van der Waals surface area contributed by atoms with Crippen LogP contribution in [0.4, 0.5) is 4.79 Å². The fourth-order valence-electron chi connectivity index (χ4n) is 1.28. The fraction of sp³-hybridized carbons (Fsp3) is 0.111. The van der Waals surface area contributed by atoms with E-state index in [1.165, 1.54) is 11.3 Å². The molecule has 0 fully saturated rings. The standard InChI is InChI=1S/C9H8N2O2S2/c12-8(13)10-4-5-1-2-6-7(3-5)15-9(14)11-6/h1-3,10H,4H2,(H,11,14)(H,12,13). The molecule has 2 aromatic rings. The summed E-state index contributed by atoms with van der Waals surface area (Å²) in [6, 6.07) is 5.71. The second-order valence-electron chi connectivity index (χ2n) is 3.00. The number of fused-ring (bicyclic) bond motifs is 1. The van der Waals surface area contributed by atoms with Crippen molar-refractivity contribution in [3.63, 3.8) is 0 Å². The van der Waals surface area contributed by atoms with Gasteiger partial charge in [-0.25, -0.2) is 4.79 Å². The highest BCUT2D eigenvalue weighted by Gasteiger charge is 2.00. The van der Waals surface area contributed by atoms with E-state index in [0.29, 0.717) is 6.54 Å². The molecule has 0 spiro atoms. The van der Waals surface area contributed by atoms with E-state index in [1.54, 1.807) is 0 Å². The molecule has 2 rings (SSSR count). The first kappa shape index (κ1) is 10.1. The Morgan fingerprint density at radius 1 is 1.60 bits per heavy atom. The van der Waals surface area contributed by atoms with Crippen LogP contribution in [0.1, 0.15) is 5.56 Å². The predicted molar refractivity (Wildman–Crippen MR) is 61.9 cm³/mol. The minimum absolute atomic E-state index is 0.315. The van der Waals surface area contributed by atoms with Gasteiger partial charge in [-0.05, 0) is 29.9 Å². The van der Waals surface area contributed by atoms with Gasteiger partial charge in [0, 0.05) is 6.54 Å². The summed E-state index contributed by atoms with van der Waals surface area (Å²) in [6.07, 6.45) is -1.02. The maximum atomic E-state index is 10.3. The van der Waals surface area contributed by atoms with Gasteiger partial charge in [-0.2, -0.15) is 0 Å². The Hall–Kier alpha value is -1.40. The quantitative estimate of drug-likeness (QED) is 0.707. The zero-order chi connectivity index (χ0) is 10.8. The van der Waals surface area contributed by atoms with Crippen molar-refractivity contribution >= 4 is 39.9 Å². The lowest BCUT2D eigenvalue weighted by molar-refractivity contribution is 0.194. The summed E-state index contributed by atoms with van der Waals surface area (Å²) in [7, 11) is 0. The predicted octanol–water partition coefficient (Wildman–Crippen LogP) is 2.73. The summed E-state index contributed by atoms with van der Waals surface area (Å²) in [5.41, 5.74) is 1.92. The Bertz CT molecular complexity index is 558. The summed E-state index contributed by atoms with van der Waals surface area (Å²) in [6.45, 7) is 0.315. The highest BCUT2D eigenvalue weighted by atomic mass is 32.1. The fourth-order valence-corrected chi connectivity index (χ4v) is 2.46. The van der Waals surface area contributed by atoms with Gasteiger partial charge >= 0.3 is 6.09 Å². The summed E-state index contributed by atoms with van der Waals surface area (Å²) in [5.74, 6) is 0. The molecule has 3 N–H and O–H groups in total. The van der Waals surface area contributed by atoms with Crippen LogP contribution >= 0.6 is 23.6 Å². The Kier molecular flexibility index (Phi) is 2.70. The van der Waals surface area contributed by atoms with E-state index in [0.717, 1.165) is 19.7 Å². The lowest BCUT2D eigenvalue weighted by Crippen LogP contribution is -2.19. The first-order valence-electron chi connectivity index (χ1n) is 4.24. The summed E-state index contributed by atoms with van der Waals surface area (Å²) >= 11 is 6.50. The first-order chi connectivity index (χ1) is 7.15. The van der Waals surface area contributed by atoms with E-state index in [2.05, 4.69) is 10.3 Å². The normalized spacial score (nSPS) is 10.4. The molecule has 0 atom stereocenters. The number of benzene rings is 1. The van der Waals surface area contributed by atoms with Crippen LogP contribution in [-0.4, -0.2) is 16.2 Å². The molecule has 0 saturated carbocycles. The number of thiazole rings is 1. The topological polar surface area (TPSA) is 65.1 Å². The molecular formula is C9H8N2O2S2. The number of aromatic nitrogens is 1. The summed E-state index contributed by atoms with van der Waals surface area (Å²) in [4.78, 5) is 13.4. The molecule has 1 aromatic heterocycles. The van der Waals surface area contributed by atoms with E-state index in [-0.39, 0.29) is 0 Å². The highest BCUT2D eigenvalue weighted by molar-refractivity contribution is 7.73. The van der Waals surface area contributed by atoms with Gasteiger partial charge in [-0.3, -0.25) is 0 Å². The Balaban J connectivity index is 2.30. The van der Waals surface area contributed by atoms with Crippen molar-refractivity contribution < 1.29 is 9.90 Å². The second-order valence-corrected chi connectivity index (χ2v) is 4.72. The number of hydrogen-bond acceptors (Lipinski definition) is 3. The molecule has 1 heterocycles. The van der Waals surface area contributed by atoms with Crippen molar-refractivity contribution in [2.24, 2.45) is 0 Å². The van der Waals surface area contributed by atoms with Gasteiger partial charge in [-0.1, -0.05) is 6.07 Å². The van der Waals surface area contributed by atoms with Crippen LogP contribution in [0.25, 0.3) is 10.2 Å². The van der Waals surface area contributed by atoms with Gasteiger partial charge < -0.3 is 15.4 Å². The third-order valence-electron chi connectivity index (χ3n) is 1.93. The lowest BCUT2D eigenvalue weighted by atomic mass is 10.2. The van der Waals surface area contributed by atoms with Crippen molar-refractivity contribution in [2.75, 3.05) is 0 Å². The van der Waals surface area contributed by atoms with E-state index >= 15 is 0 Å². The second kappa shape index (κ2) is 4.00. The molecule has 1 amide bonds. The molecule has 4 nitrogen and oxygen atoms in total. The first-order valence-corrected chi connectivity index (χ1v) is 5.46. The molecule has 0 bridgehead atoms. The van der Waals surface area contributed by atoms with Gasteiger partial charge in [0.05, 0.1) is 10.2 Å². The molecule has 0 unspecified atom stereocenters. The highest BCUT2D eigenvalue weighted by Crippen LogP contribution is 2.20. The number of carbonyl (C=O) groups is 1. The largest absolute Gasteiger partial charge is 0.465 e. The van der Waals surface area contributed by atoms with Gasteiger partial charge in [0.2, 0.25) is 0 Å². The van der Waals surface area contributed by atoms with Crippen LogP contribution in [-0.2, 0) is 6.54 Å². The van der Waals surface area contributed by atoms with Gasteiger partial charge in [0.15, 0.2) is 3.95 Å². The number of aromatic amines is 1. The Morgan fingerprint density at radius 2 is 2.40 bits per heavy atom. The number of rotatable bonds is 2. The van der Waals surface area contributed by atoms with Gasteiger partial charge in [0.1, 0.15) is 0 Å². The smallest absolute Gasteiger partial charge is 0.404 e. The van der Waals surface area contributed by atoms with Crippen LogP contribution in [0.15, 0.2) is 18.2 Å². The summed E-state index contributed by atoms with van der Waals surface area (Å²) in [5, 5.41) is 10.8. The molecule has 15 heavy (non-hydrogen) atoms. The number of carboxylic acid groups (broad SMARTS) is 1. The zero-order valence-electron chi connectivity index (χ0n) is 7.61. The maximum absolute atomic E-state index is 10.3. The monoisotopic (exact) mass is 240 g/mol. The number of amides is 1. The van der Waals surface area contributed by atoms with Crippen LogP contribution in [0.2, 0.25) is 0 Å². The van der Waals surface area contributed by atoms with Gasteiger partial charge in [-0.15, -0.1) is 11.3 Å². The van der Waals surface area contributed by atoms with E-state index in [1.807, 2.05) is 18.2 Å². The van der Waals surface area contributed by atoms with Crippen LogP contribution in [0.3, 0.4) is 0 Å².